The lowest BCUT2D eigenvalue weighted by atomic mass is 10.0. The molecule has 0 aromatic rings. The molecule has 0 aromatic heterocycles. The molecule has 11 nitrogen and oxygen atoms in total. The molecule has 0 bridgehead atoms. The molecule has 0 aliphatic carbocycles. The molecule has 0 heterocycles. The Morgan fingerprint density at radius 3 is 1.67 bits per heavy atom. The van der Waals surface area contributed by atoms with Crippen LogP contribution in [0.3, 0.4) is 0 Å². The predicted molar refractivity (Wildman–Crippen MR) is 188 cm³/mol. The summed E-state index contributed by atoms with van der Waals surface area (Å²) >= 11 is 0. The number of hydrogen-bond acceptors (Lipinski definition) is 9. The number of carbonyl (C=O) groups excluding carboxylic acids is 4. The van der Waals surface area contributed by atoms with Crippen LogP contribution in [0.1, 0.15) is 142 Å². The van der Waals surface area contributed by atoms with E-state index in [1.54, 1.807) is 0 Å². The first-order valence-electron chi connectivity index (χ1n) is 18.3. The Morgan fingerprint density at radius 1 is 0.688 bits per heavy atom. The number of rotatable bonds is 34. The molecule has 1 N–H and O–H groups in total. The molecule has 0 aliphatic heterocycles. The summed E-state index contributed by atoms with van der Waals surface area (Å²) in [5, 5.41) is 0. The largest absolute Gasteiger partial charge is 0.472 e. The van der Waals surface area contributed by atoms with E-state index in [9.17, 15) is 28.6 Å². The van der Waals surface area contributed by atoms with Gasteiger partial charge in [0, 0.05) is 19.3 Å². The summed E-state index contributed by atoms with van der Waals surface area (Å²) < 4.78 is 33.9. The van der Waals surface area contributed by atoms with Gasteiger partial charge in [0.05, 0.1) is 27.7 Å². The zero-order valence-electron chi connectivity index (χ0n) is 30.5. The second kappa shape index (κ2) is 30.0. The average molecular weight is 705 g/mol. The molecule has 0 rings (SSSR count). The van der Waals surface area contributed by atoms with Crippen LogP contribution in [0.4, 0.5) is 0 Å². The fraction of sp³-hybridized carbons (Fsp3) is 0.833. The van der Waals surface area contributed by atoms with Crippen molar-refractivity contribution in [3.05, 3.63) is 12.2 Å². The first kappa shape index (κ1) is 46.1. The Kier molecular flexibility index (Phi) is 28.8. The Morgan fingerprint density at radius 2 is 1.17 bits per heavy atom. The number of phosphoric acid groups is 1. The number of ether oxygens (including phenoxy) is 2. The van der Waals surface area contributed by atoms with Crippen LogP contribution < -0.4 is 0 Å². The van der Waals surface area contributed by atoms with Crippen LogP contribution in [-0.4, -0.2) is 87.0 Å². The smallest absolute Gasteiger partial charge is 0.462 e. The summed E-state index contributed by atoms with van der Waals surface area (Å²) in [4.78, 5) is 56.8. The lowest BCUT2D eigenvalue weighted by molar-refractivity contribution is -0.870. The number of quaternary nitrogens is 1. The second-order valence-corrected chi connectivity index (χ2v) is 15.1. The van der Waals surface area contributed by atoms with Crippen molar-refractivity contribution in [3.63, 3.8) is 0 Å². The summed E-state index contributed by atoms with van der Waals surface area (Å²) in [5.74, 6) is -1.02. The second-order valence-electron chi connectivity index (χ2n) is 13.6. The van der Waals surface area contributed by atoms with E-state index in [1.807, 2.05) is 21.1 Å². The monoisotopic (exact) mass is 704 g/mol. The number of phosphoric ester groups is 1. The first-order valence-corrected chi connectivity index (χ1v) is 19.8. The lowest BCUT2D eigenvalue weighted by Gasteiger charge is -2.24. The highest BCUT2D eigenvalue weighted by Crippen LogP contribution is 2.43. The molecule has 0 spiro atoms. The van der Waals surface area contributed by atoms with Gasteiger partial charge in [0.25, 0.3) is 0 Å². The van der Waals surface area contributed by atoms with Gasteiger partial charge in [-0.05, 0) is 31.4 Å². The van der Waals surface area contributed by atoms with E-state index in [4.69, 9.17) is 18.5 Å². The maximum Gasteiger partial charge on any atom is 0.472 e. The Balaban J connectivity index is 4.47. The number of likely N-dealkylation sites (N-methyl/N-ethyl adjacent to an activating group) is 1. The van der Waals surface area contributed by atoms with E-state index < -0.39 is 32.5 Å². The predicted octanol–water partition coefficient (Wildman–Crippen LogP) is 7.82. The molecule has 280 valence electrons. The van der Waals surface area contributed by atoms with Crippen LogP contribution in [-0.2, 0) is 42.3 Å². The highest BCUT2D eigenvalue weighted by atomic mass is 31.2. The van der Waals surface area contributed by atoms with Gasteiger partial charge in [0.15, 0.2) is 11.9 Å². The fourth-order valence-electron chi connectivity index (χ4n) is 4.88. The summed E-state index contributed by atoms with van der Waals surface area (Å²) in [6, 6.07) is 0. The normalized spacial score (nSPS) is 13.7. The van der Waals surface area contributed by atoms with Gasteiger partial charge < -0.3 is 18.9 Å². The molecule has 2 atom stereocenters. The SMILES string of the molecule is CCCCCCCCCCCCCCCC(=O)OC[C@H](COP(=O)(O)OCC[N+](C)(C)C)OC(=O)CCCCCCCC(=O)C=CC=O. The third kappa shape index (κ3) is 32.6. The van der Waals surface area contributed by atoms with Crippen LogP contribution in [0.2, 0.25) is 0 Å². The maximum atomic E-state index is 12.5. The number of ketones is 1. The molecule has 48 heavy (non-hydrogen) atoms. The van der Waals surface area contributed by atoms with Crippen LogP contribution >= 0.6 is 7.82 Å². The minimum Gasteiger partial charge on any atom is -0.462 e. The van der Waals surface area contributed by atoms with Gasteiger partial charge in [-0.15, -0.1) is 0 Å². The Hall–Kier alpha value is -1.91. The molecule has 12 heteroatoms. The van der Waals surface area contributed by atoms with Crippen molar-refractivity contribution in [2.75, 3.05) is 47.5 Å². The van der Waals surface area contributed by atoms with Crippen molar-refractivity contribution in [2.24, 2.45) is 0 Å². The Bertz CT molecular complexity index is 934. The fourth-order valence-corrected chi connectivity index (χ4v) is 5.62. The number of aldehydes is 1. The van der Waals surface area contributed by atoms with E-state index in [0.29, 0.717) is 43.0 Å². The molecular weight excluding hydrogens is 637 g/mol. The summed E-state index contributed by atoms with van der Waals surface area (Å²) in [6.45, 7) is 1.98. The molecule has 0 saturated heterocycles. The van der Waals surface area contributed by atoms with Gasteiger partial charge >= 0.3 is 19.8 Å². The third-order valence-corrected chi connectivity index (χ3v) is 8.80. The summed E-state index contributed by atoms with van der Waals surface area (Å²) in [5.41, 5.74) is 0. The number of unbranched alkanes of at least 4 members (excludes halogenated alkanes) is 16. The maximum absolute atomic E-state index is 12.5. The molecule has 0 fully saturated rings. The minimum absolute atomic E-state index is 0.000548. The summed E-state index contributed by atoms with van der Waals surface area (Å²) in [6.07, 6.45) is 22.1. The van der Waals surface area contributed by atoms with Gasteiger partial charge in [0.2, 0.25) is 0 Å². The average Bonchev–Trinajstić information content (AvgIpc) is 3.02. The van der Waals surface area contributed by atoms with Gasteiger partial charge in [0.1, 0.15) is 26.0 Å². The van der Waals surface area contributed by atoms with Gasteiger partial charge in [-0.3, -0.25) is 28.2 Å². The van der Waals surface area contributed by atoms with Gasteiger partial charge in [-0.1, -0.05) is 103 Å². The minimum atomic E-state index is -4.41. The molecule has 0 aliphatic rings. The number of nitrogens with zero attached hydrogens (tertiary/aromatic N) is 1. The van der Waals surface area contributed by atoms with Crippen LogP contribution in [0.15, 0.2) is 12.2 Å². The number of carbonyl (C=O) groups is 4. The van der Waals surface area contributed by atoms with Gasteiger partial charge in [-0.25, -0.2) is 4.57 Å². The number of esters is 2. The van der Waals surface area contributed by atoms with E-state index in [-0.39, 0.29) is 31.8 Å². The van der Waals surface area contributed by atoms with Gasteiger partial charge in [-0.2, -0.15) is 0 Å². The van der Waals surface area contributed by atoms with E-state index in [2.05, 4.69) is 6.92 Å². The quantitative estimate of drug-likeness (QED) is 0.0176. The molecule has 1 unspecified atom stereocenters. The zero-order valence-corrected chi connectivity index (χ0v) is 31.4. The van der Waals surface area contributed by atoms with E-state index in [0.717, 1.165) is 38.5 Å². The lowest BCUT2D eigenvalue weighted by Crippen LogP contribution is -2.37. The zero-order chi connectivity index (χ0) is 35.9. The Labute approximate surface area is 290 Å². The first-order chi connectivity index (χ1) is 22.9. The van der Waals surface area contributed by atoms with Crippen LogP contribution in [0.25, 0.3) is 0 Å². The van der Waals surface area contributed by atoms with Crippen LogP contribution in [0.5, 0.6) is 0 Å². The van der Waals surface area contributed by atoms with Crippen molar-refractivity contribution >= 4 is 31.8 Å². The van der Waals surface area contributed by atoms with E-state index >= 15 is 0 Å². The van der Waals surface area contributed by atoms with Crippen molar-refractivity contribution in [2.45, 2.75) is 148 Å². The van der Waals surface area contributed by atoms with Crippen LogP contribution in [0, 0.1) is 0 Å². The number of hydrogen-bond donors (Lipinski definition) is 1. The van der Waals surface area contributed by atoms with Crippen molar-refractivity contribution in [1.29, 1.82) is 0 Å². The number of allylic oxidation sites excluding steroid dienone is 2. The molecule has 0 aromatic carbocycles. The van der Waals surface area contributed by atoms with Crippen molar-refractivity contribution < 1.29 is 51.6 Å². The molecular formula is C36H67NO10P+. The molecule has 0 saturated carbocycles. The van der Waals surface area contributed by atoms with Crippen molar-refractivity contribution in [1.82, 2.24) is 0 Å². The molecule has 0 radical (unpaired) electrons. The standard InChI is InChI=1S/C36H66NO10P/c1-5-6-7-8-9-10-11-12-13-14-15-18-21-26-35(40)44-31-34(32-46-48(42,43)45-30-28-37(2,3)4)47-36(41)27-22-19-16-17-20-24-33(39)25-23-29-38/h23,25,29,34H,5-22,24,26-28,30-32H2,1-4H3/p+1/t34-/m1/s1. The van der Waals surface area contributed by atoms with E-state index in [1.165, 1.54) is 69.9 Å². The highest BCUT2D eigenvalue weighted by Gasteiger charge is 2.27. The van der Waals surface area contributed by atoms with Crippen molar-refractivity contribution in [3.8, 4) is 0 Å². The highest BCUT2D eigenvalue weighted by molar-refractivity contribution is 7.47. The third-order valence-electron chi connectivity index (χ3n) is 7.82. The summed E-state index contributed by atoms with van der Waals surface area (Å²) in [7, 11) is 1.36. The topological polar surface area (TPSA) is 142 Å². The molecule has 0 amide bonds.